The maximum absolute atomic E-state index is 13.9. The fourth-order valence-corrected chi connectivity index (χ4v) is 1.71. The first kappa shape index (κ1) is 11.4. The van der Waals surface area contributed by atoms with Gasteiger partial charge in [0, 0.05) is 11.9 Å². The summed E-state index contributed by atoms with van der Waals surface area (Å²) in [4.78, 5) is 10.7. The minimum absolute atomic E-state index is 0.361. The van der Waals surface area contributed by atoms with E-state index in [0.29, 0.717) is 17.9 Å². The van der Waals surface area contributed by atoms with Crippen molar-refractivity contribution in [2.75, 3.05) is 5.32 Å². The van der Waals surface area contributed by atoms with Crippen molar-refractivity contribution in [2.24, 2.45) is 0 Å². The van der Waals surface area contributed by atoms with Crippen molar-refractivity contribution in [3.05, 3.63) is 54.9 Å². The zero-order valence-corrected chi connectivity index (χ0v) is 9.92. The first-order chi connectivity index (χ1) is 9.33. The van der Waals surface area contributed by atoms with Gasteiger partial charge in [0.1, 0.15) is 18.3 Å². The molecule has 7 heteroatoms. The van der Waals surface area contributed by atoms with Crippen molar-refractivity contribution in [2.45, 2.75) is 6.54 Å². The van der Waals surface area contributed by atoms with Crippen LogP contribution in [0.5, 0.6) is 0 Å². The summed E-state index contributed by atoms with van der Waals surface area (Å²) < 4.78 is 15.3. The second-order valence-corrected chi connectivity index (χ2v) is 3.94. The van der Waals surface area contributed by atoms with Gasteiger partial charge in [0.25, 0.3) is 0 Å². The normalized spacial score (nSPS) is 10.6. The fourth-order valence-electron chi connectivity index (χ4n) is 1.71. The van der Waals surface area contributed by atoms with Crippen LogP contribution in [-0.2, 0) is 6.54 Å². The number of imidazole rings is 1. The van der Waals surface area contributed by atoms with Crippen LogP contribution >= 0.6 is 0 Å². The maximum atomic E-state index is 13.9. The first-order valence-electron chi connectivity index (χ1n) is 5.68. The number of anilines is 1. The Bertz CT molecular complexity index is 647. The number of benzene rings is 1. The summed E-state index contributed by atoms with van der Waals surface area (Å²) in [5.74, 6) is -0.361. The van der Waals surface area contributed by atoms with Crippen LogP contribution in [0.1, 0.15) is 5.69 Å². The van der Waals surface area contributed by atoms with Crippen molar-refractivity contribution in [1.82, 2.24) is 24.7 Å². The smallest absolute Gasteiger partial charge is 0.150 e. The molecule has 1 aromatic carbocycles. The Hall–Kier alpha value is -2.70. The zero-order valence-electron chi connectivity index (χ0n) is 9.92. The summed E-state index contributed by atoms with van der Waals surface area (Å²) in [6.07, 6.45) is 6.14. The molecule has 0 aliphatic carbocycles. The lowest BCUT2D eigenvalue weighted by Crippen LogP contribution is -2.02. The van der Waals surface area contributed by atoms with Crippen LogP contribution in [0, 0.1) is 5.82 Å². The molecule has 0 aliphatic heterocycles. The Labute approximate surface area is 108 Å². The molecular weight excluding hydrogens is 247 g/mol. The summed E-state index contributed by atoms with van der Waals surface area (Å²) in [6, 6.07) is 4.86. The second kappa shape index (κ2) is 4.89. The summed E-state index contributed by atoms with van der Waals surface area (Å²) in [6.45, 7) is 0.558. The van der Waals surface area contributed by atoms with Gasteiger partial charge < -0.3 is 10.3 Å². The Morgan fingerprint density at radius 3 is 2.95 bits per heavy atom. The molecule has 0 unspecified atom stereocenters. The van der Waals surface area contributed by atoms with Crippen LogP contribution in [0.4, 0.5) is 10.1 Å². The van der Waals surface area contributed by atoms with E-state index in [1.165, 1.54) is 23.4 Å². The second-order valence-electron chi connectivity index (χ2n) is 3.94. The molecule has 6 nitrogen and oxygen atoms in total. The number of aromatic nitrogens is 5. The third kappa shape index (κ3) is 2.44. The topological polar surface area (TPSA) is 71.4 Å². The average Bonchev–Trinajstić information content (AvgIpc) is 3.10. The number of rotatable bonds is 4. The third-order valence-corrected chi connectivity index (χ3v) is 2.65. The lowest BCUT2D eigenvalue weighted by atomic mass is 10.2. The molecule has 0 saturated heterocycles. The van der Waals surface area contributed by atoms with Gasteiger partial charge in [-0.2, -0.15) is 5.10 Å². The van der Waals surface area contributed by atoms with Crippen molar-refractivity contribution >= 4 is 5.69 Å². The van der Waals surface area contributed by atoms with Gasteiger partial charge in [0.2, 0.25) is 0 Å². The van der Waals surface area contributed by atoms with Crippen LogP contribution < -0.4 is 5.32 Å². The van der Waals surface area contributed by atoms with Gasteiger partial charge in [-0.3, -0.25) is 0 Å². The maximum Gasteiger partial charge on any atom is 0.150 e. The molecule has 0 spiro atoms. The van der Waals surface area contributed by atoms with Crippen molar-refractivity contribution in [1.29, 1.82) is 0 Å². The molecule has 96 valence electrons. The average molecular weight is 258 g/mol. The van der Waals surface area contributed by atoms with Gasteiger partial charge in [0.15, 0.2) is 5.82 Å². The minimum atomic E-state index is -0.361. The third-order valence-electron chi connectivity index (χ3n) is 2.65. The minimum Gasteiger partial charge on any atom is -0.379 e. The molecule has 0 saturated carbocycles. The molecule has 0 aliphatic rings. The van der Waals surface area contributed by atoms with Gasteiger partial charge >= 0.3 is 0 Å². The van der Waals surface area contributed by atoms with Crippen molar-refractivity contribution in [3.8, 4) is 5.69 Å². The van der Waals surface area contributed by atoms with Gasteiger partial charge in [-0.1, -0.05) is 0 Å². The van der Waals surface area contributed by atoms with E-state index in [4.69, 9.17) is 0 Å². The van der Waals surface area contributed by atoms with Crippen LogP contribution in [0.25, 0.3) is 5.69 Å². The van der Waals surface area contributed by atoms with Crippen LogP contribution in [0.3, 0.4) is 0 Å². The van der Waals surface area contributed by atoms with E-state index in [-0.39, 0.29) is 5.82 Å². The van der Waals surface area contributed by atoms with E-state index in [1.54, 1.807) is 24.7 Å². The highest BCUT2D eigenvalue weighted by Crippen LogP contribution is 2.17. The number of hydrogen-bond acceptors (Lipinski definition) is 4. The van der Waals surface area contributed by atoms with E-state index >= 15 is 0 Å². The predicted molar refractivity (Wildman–Crippen MR) is 67.2 cm³/mol. The molecule has 0 fully saturated rings. The van der Waals surface area contributed by atoms with Crippen molar-refractivity contribution in [3.63, 3.8) is 0 Å². The van der Waals surface area contributed by atoms with Gasteiger partial charge in [-0.05, 0) is 18.2 Å². The highest BCUT2D eigenvalue weighted by Gasteiger charge is 2.06. The quantitative estimate of drug-likeness (QED) is 0.747. The van der Waals surface area contributed by atoms with E-state index in [2.05, 4.69) is 25.4 Å². The van der Waals surface area contributed by atoms with Crippen molar-refractivity contribution < 1.29 is 4.39 Å². The SMILES string of the molecule is Fc1cc(NCc2cnc[nH]2)ccc1-n1cncn1. The molecule has 19 heavy (non-hydrogen) atoms. The lowest BCUT2D eigenvalue weighted by Gasteiger charge is -2.07. The van der Waals surface area contributed by atoms with Crippen LogP contribution in [0.15, 0.2) is 43.4 Å². The Morgan fingerprint density at radius 2 is 2.26 bits per heavy atom. The van der Waals surface area contributed by atoms with E-state index in [9.17, 15) is 4.39 Å². The number of halogens is 1. The molecule has 3 aromatic rings. The van der Waals surface area contributed by atoms with E-state index < -0.39 is 0 Å². The molecule has 0 amide bonds. The Balaban J connectivity index is 1.76. The standard InChI is InChI=1S/C12H11FN6/c13-11-3-9(16-5-10-4-14-6-17-10)1-2-12(11)19-8-15-7-18-19/h1-4,6-8,16H,5H2,(H,14,17). The number of aromatic amines is 1. The number of H-pyrrole nitrogens is 1. The lowest BCUT2D eigenvalue weighted by molar-refractivity contribution is 0.611. The molecule has 2 N–H and O–H groups in total. The predicted octanol–water partition coefficient (Wildman–Crippen LogP) is 1.74. The monoisotopic (exact) mass is 258 g/mol. The zero-order chi connectivity index (χ0) is 13.1. The highest BCUT2D eigenvalue weighted by molar-refractivity contribution is 5.49. The molecule has 0 bridgehead atoms. The summed E-state index contributed by atoms with van der Waals surface area (Å²) in [5.41, 5.74) is 1.99. The summed E-state index contributed by atoms with van der Waals surface area (Å²) in [7, 11) is 0. The van der Waals surface area contributed by atoms with E-state index in [0.717, 1.165) is 5.69 Å². The molecule has 0 radical (unpaired) electrons. The molecule has 2 heterocycles. The largest absolute Gasteiger partial charge is 0.379 e. The Kier molecular flexibility index (Phi) is 2.93. The van der Waals surface area contributed by atoms with Crippen LogP contribution in [0.2, 0.25) is 0 Å². The summed E-state index contributed by atoms with van der Waals surface area (Å²) in [5, 5.41) is 7.00. The van der Waals surface area contributed by atoms with Gasteiger partial charge in [-0.15, -0.1) is 0 Å². The molecule has 0 atom stereocenters. The van der Waals surface area contributed by atoms with E-state index in [1.807, 2.05) is 0 Å². The Morgan fingerprint density at radius 1 is 1.32 bits per heavy atom. The summed E-state index contributed by atoms with van der Waals surface area (Å²) >= 11 is 0. The van der Waals surface area contributed by atoms with Gasteiger partial charge in [0.05, 0.1) is 18.6 Å². The highest BCUT2D eigenvalue weighted by atomic mass is 19.1. The molecule has 2 aromatic heterocycles. The number of hydrogen-bond donors (Lipinski definition) is 2. The van der Waals surface area contributed by atoms with Crippen LogP contribution in [-0.4, -0.2) is 24.7 Å². The number of nitrogens with one attached hydrogen (secondary N) is 2. The molecule has 3 rings (SSSR count). The fraction of sp³-hybridized carbons (Fsp3) is 0.0833. The molecular formula is C12H11FN6. The van der Waals surface area contributed by atoms with Gasteiger partial charge in [-0.25, -0.2) is 19.0 Å². The number of nitrogens with zero attached hydrogens (tertiary/aromatic N) is 4. The first-order valence-corrected chi connectivity index (χ1v) is 5.68.